The van der Waals surface area contributed by atoms with Crippen LogP contribution < -0.4 is 0 Å². The molecule has 1 aliphatic rings. The molecule has 6 heteroatoms. The number of aliphatic hydroxyl groups is 1. The van der Waals surface area contributed by atoms with Crippen LogP contribution in [0, 0.1) is 0 Å². The van der Waals surface area contributed by atoms with Crippen LogP contribution in [0.1, 0.15) is 16.9 Å². The highest BCUT2D eigenvalue weighted by Gasteiger charge is 2.26. The fourth-order valence-electron chi connectivity index (χ4n) is 1.39. The number of β-amino-alcohol motifs (C(OH)–C–C–N with tert-alkyl or cyclic N) is 1. The molecule has 0 bridgehead atoms. The first-order valence-electron chi connectivity index (χ1n) is 4.10. The maximum atomic E-state index is 11.5. The number of nitrogens with zero attached hydrogens (tertiary/aromatic N) is 3. The van der Waals surface area contributed by atoms with Gasteiger partial charge >= 0.3 is 0 Å². The van der Waals surface area contributed by atoms with Gasteiger partial charge in [-0.25, -0.2) is 0 Å². The molecule has 1 aromatic heterocycles. The molecule has 0 radical (unpaired) electrons. The lowest BCUT2D eigenvalue weighted by atomic mass is 10.3. The van der Waals surface area contributed by atoms with Gasteiger partial charge in [-0.1, -0.05) is 0 Å². The summed E-state index contributed by atoms with van der Waals surface area (Å²) < 4.78 is 0. The van der Waals surface area contributed by atoms with Gasteiger partial charge in [-0.05, 0) is 6.42 Å². The number of H-pyrrole nitrogens is 1. The van der Waals surface area contributed by atoms with E-state index in [0.717, 1.165) is 0 Å². The van der Waals surface area contributed by atoms with Crippen LogP contribution in [0.25, 0.3) is 0 Å². The molecule has 6 nitrogen and oxygen atoms in total. The van der Waals surface area contributed by atoms with Gasteiger partial charge in [-0.3, -0.25) is 4.79 Å². The van der Waals surface area contributed by atoms with E-state index in [9.17, 15) is 9.90 Å². The summed E-state index contributed by atoms with van der Waals surface area (Å²) in [5, 5.41) is 18.8. The van der Waals surface area contributed by atoms with Gasteiger partial charge in [-0.2, -0.15) is 15.4 Å². The van der Waals surface area contributed by atoms with Crippen molar-refractivity contribution < 1.29 is 9.90 Å². The molecule has 2 N–H and O–H groups in total. The first-order chi connectivity index (χ1) is 6.27. The van der Waals surface area contributed by atoms with Crippen LogP contribution in [0.3, 0.4) is 0 Å². The van der Waals surface area contributed by atoms with Crippen LogP contribution in [0.2, 0.25) is 0 Å². The molecule has 1 saturated heterocycles. The minimum Gasteiger partial charge on any atom is -0.391 e. The fourth-order valence-corrected chi connectivity index (χ4v) is 1.39. The van der Waals surface area contributed by atoms with Crippen LogP contribution in [-0.2, 0) is 0 Å². The zero-order valence-corrected chi connectivity index (χ0v) is 6.97. The predicted molar refractivity (Wildman–Crippen MR) is 42.9 cm³/mol. The van der Waals surface area contributed by atoms with Gasteiger partial charge in [0, 0.05) is 13.1 Å². The van der Waals surface area contributed by atoms with E-state index in [0.29, 0.717) is 25.2 Å². The molecule has 0 spiro atoms. The maximum absolute atomic E-state index is 11.5. The van der Waals surface area contributed by atoms with Crippen LogP contribution >= 0.6 is 0 Å². The Hall–Kier alpha value is -1.43. The summed E-state index contributed by atoms with van der Waals surface area (Å²) in [7, 11) is 0. The van der Waals surface area contributed by atoms with Crippen molar-refractivity contribution in [1.82, 2.24) is 20.3 Å². The fraction of sp³-hybridized carbons (Fsp3) is 0.571. The van der Waals surface area contributed by atoms with Crippen molar-refractivity contribution >= 4 is 5.91 Å². The zero-order chi connectivity index (χ0) is 9.26. The summed E-state index contributed by atoms with van der Waals surface area (Å²) in [5.74, 6) is -0.176. The van der Waals surface area contributed by atoms with Crippen molar-refractivity contribution in [3.8, 4) is 0 Å². The third-order valence-corrected chi connectivity index (χ3v) is 2.08. The van der Waals surface area contributed by atoms with E-state index < -0.39 is 6.10 Å². The van der Waals surface area contributed by atoms with Crippen LogP contribution in [0.4, 0.5) is 0 Å². The van der Waals surface area contributed by atoms with E-state index in [4.69, 9.17) is 0 Å². The van der Waals surface area contributed by atoms with Crippen molar-refractivity contribution in [3.63, 3.8) is 0 Å². The number of aromatic amines is 1. The van der Waals surface area contributed by atoms with Crippen molar-refractivity contribution in [2.24, 2.45) is 0 Å². The zero-order valence-electron chi connectivity index (χ0n) is 6.97. The number of carbonyl (C=O) groups is 1. The molecule has 1 amide bonds. The molecule has 70 valence electrons. The summed E-state index contributed by atoms with van der Waals surface area (Å²) in [6, 6.07) is 0. The number of hydrogen-bond donors (Lipinski definition) is 2. The summed E-state index contributed by atoms with van der Waals surface area (Å²) in [6.07, 6.45) is 1.63. The third kappa shape index (κ3) is 1.52. The van der Waals surface area contributed by atoms with E-state index in [1.54, 1.807) is 4.90 Å². The second-order valence-electron chi connectivity index (χ2n) is 3.05. The summed E-state index contributed by atoms with van der Waals surface area (Å²) in [5.41, 5.74) is 0.300. The minimum atomic E-state index is -0.393. The Morgan fingerprint density at radius 3 is 3.15 bits per heavy atom. The van der Waals surface area contributed by atoms with E-state index in [1.165, 1.54) is 6.20 Å². The molecule has 1 fully saturated rings. The lowest BCUT2D eigenvalue weighted by Gasteiger charge is -2.12. The average Bonchev–Trinajstić information content (AvgIpc) is 2.72. The molecule has 1 aliphatic heterocycles. The Morgan fingerprint density at radius 2 is 2.62 bits per heavy atom. The highest BCUT2D eigenvalue weighted by molar-refractivity contribution is 5.92. The Labute approximate surface area is 74.6 Å². The van der Waals surface area contributed by atoms with Crippen LogP contribution in [0.5, 0.6) is 0 Å². The molecule has 1 unspecified atom stereocenters. The van der Waals surface area contributed by atoms with Gasteiger partial charge in [0.15, 0.2) is 5.69 Å². The van der Waals surface area contributed by atoms with Crippen LogP contribution in [0.15, 0.2) is 6.20 Å². The predicted octanol–water partition coefficient (Wildman–Crippen LogP) is -0.989. The number of amides is 1. The first-order valence-corrected chi connectivity index (χ1v) is 4.10. The quantitative estimate of drug-likeness (QED) is 0.584. The number of aromatic nitrogens is 3. The molecule has 1 aromatic rings. The SMILES string of the molecule is O=C(c1cn[nH]n1)N1CCC(O)C1. The smallest absolute Gasteiger partial charge is 0.276 e. The molecule has 0 aromatic carbocycles. The lowest BCUT2D eigenvalue weighted by Crippen LogP contribution is -2.29. The normalized spacial score (nSPS) is 22.2. The van der Waals surface area contributed by atoms with E-state index >= 15 is 0 Å². The number of likely N-dealkylation sites (tertiary alicyclic amines) is 1. The second-order valence-corrected chi connectivity index (χ2v) is 3.05. The highest BCUT2D eigenvalue weighted by atomic mass is 16.3. The van der Waals surface area contributed by atoms with Crippen molar-refractivity contribution in [1.29, 1.82) is 0 Å². The monoisotopic (exact) mass is 182 g/mol. The van der Waals surface area contributed by atoms with E-state index in [1.807, 2.05) is 0 Å². The minimum absolute atomic E-state index is 0.176. The first kappa shape index (κ1) is 8.18. The molecule has 13 heavy (non-hydrogen) atoms. The number of hydrogen-bond acceptors (Lipinski definition) is 4. The van der Waals surface area contributed by atoms with Gasteiger partial charge in [0.05, 0.1) is 12.3 Å². The Balaban J connectivity index is 2.06. The van der Waals surface area contributed by atoms with Gasteiger partial charge in [0.2, 0.25) is 0 Å². The molecule has 1 atom stereocenters. The van der Waals surface area contributed by atoms with Gasteiger partial charge < -0.3 is 10.0 Å². The van der Waals surface area contributed by atoms with E-state index in [2.05, 4.69) is 15.4 Å². The van der Waals surface area contributed by atoms with Crippen molar-refractivity contribution in [2.75, 3.05) is 13.1 Å². The standard InChI is InChI=1S/C7H10N4O2/c12-5-1-2-11(4-5)7(13)6-3-8-10-9-6/h3,5,12H,1-2,4H2,(H,8,9,10). The van der Waals surface area contributed by atoms with Crippen molar-refractivity contribution in [3.05, 3.63) is 11.9 Å². The summed E-state index contributed by atoms with van der Waals surface area (Å²) in [6.45, 7) is 0.985. The Bertz CT molecular complexity index is 297. The lowest BCUT2D eigenvalue weighted by molar-refractivity contribution is 0.0759. The Kier molecular flexibility index (Phi) is 1.97. The molecular formula is C7H10N4O2. The molecular weight excluding hydrogens is 172 g/mol. The third-order valence-electron chi connectivity index (χ3n) is 2.08. The topological polar surface area (TPSA) is 82.1 Å². The number of nitrogens with one attached hydrogen (secondary N) is 1. The number of carbonyl (C=O) groups excluding carboxylic acids is 1. The van der Waals surface area contributed by atoms with Crippen LogP contribution in [-0.4, -0.2) is 50.5 Å². The summed E-state index contributed by atoms with van der Waals surface area (Å²) in [4.78, 5) is 13.1. The summed E-state index contributed by atoms with van der Waals surface area (Å²) >= 11 is 0. The van der Waals surface area contributed by atoms with E-state index in [-0.39, 0.29) is 5.91 Å². The highest BCUT2D eigenvalue weighted by Crippen LogP contribution is 2.11. The molecule has 2 heterocycles. The largest absolute Gasteiger partial charge is 0.391 e. The number of aliphatic hydroxyl groups excluding tert-OH is 1. The van der Waals surface area contributed by atoms with Gasteiger partial charge in [-0.15, -0.1) is 0 Å². The van der Waals surface area contributed by atoms with Crippen molar-refractivity contribution in [2.45, 2.75) is 12.5 Å². The maximum Gasteiger partial charge on any atom is 0.276 e. The molecule has 2 rings (SSSR count). The molecule has 0 aliphatic carbocycles. The van der Waals surface area contributed by atoms with Gasteiger partial charge in [0.25, 0.3) is 5.91 Å². The Morgan fingerprint density at radius 1 is 1.77 bits per heavy atom. The van der Waals surface area contributed by atoms with Gasteiger partial charge in [0.1, 0.15) is 0 Å². The molecule has 0 saturated carbocycles. The number of rotatable bonds is 1. The average molecular weight is 182 g/mol. The second kappa shape index (κ2) is 3.14.